The molecule has 1 saturated heterocycles. The van der Waals surface area contributed by atoms with Gasteiger partial charge in [-0.3, -0.25) is 9.69 Å². The fourth-order valence-corrected chi connectivity index (χ4v) is 3.46. The van der Waals surface area contributed by atoms with Crippen LogP contribution in [0.1, 0.15) is 10.9 Å². The maximum Gasteiger partial charge on any atom is 0.238 e. The van der Waals surface area contributed by atoms with E-state index in [4.69, 9.17) is 0 Å². The molecular formula is C15H15N2OS+. The highest BCUT2D eigenvalue weighted by Crippen LogP contribution is 2.41. The minimum absolute atomic E-state index is 0.0716. The molecular weight excluding hydrogens is 256 g/mol. The predicted octanol–water partition coefficient (Wildman–Crippen LogP) is 2.29. The van der Waals surface area contributed by atoms with Gasteiger partial charge in [-0.05, 0) is 18.2 Å². The van der Waals surface area contributed by atoms with Crippen molar-refractivity contribution in [3.05, 3.63) is 60.4 Å². The van der Waals surface area contributed by atoms with Crippen molar-refractivity contribution in [1.29, 1.82) is 0 Å². The van der Waals surface area contributed by atoms with Gasteiger partial charge in [-0.15, -0.1) is 11.8 Å². The van der Waals surface area contributed by atoms with Crippen LogP contribution in [0.15, 0.2) is 54.9 Å². The SMILES string of the molecule is C[n+]1cccc(C2SCC(=O)N2c2ccccc2)c1. The summed E-state index contributed by atoms with van der Waals surface area (Å²) in [6.45, 7) is 0. The number of amides is 1. The zero-order chi connectivity index (χ0) is 13.2. The summed E-state index contributed by atoms with van der Waals surface area (Å²) < 4.78 is 2.02. The Balaban J connectivity index is 1.99. The molecule has 3 nitrogen and oxygen atoms in total. The second-order valence-corrected chi connectivity index (χ2v) is 5.63. The van der Waals surface area contributed by atoms with Gasteiger partial charge in [0.05, 0.1) is 5.75 Å². The van der Waals surface area contributed by atoms with Crippen molar-refractivity contribution in [2.45, 2.75) is 5.37 Å². The van der Waals surface area contributed by atoms with E-state index in [1.54, 1.807) is 11.8 Å². The van der Waals surface area contributed by atoms with Crippen LogP contribution >= 0.6 is 11.8 Å². The number of carbonyl (C=O) groups excluding carboxylic acids is 1. The van der Waals surface area contributed by atoms with Gasteiger partial charge in [0, 0.05) is 17.3 Å². The molecule has 19 heavy (non-hydrogen) atoms. The molecule has 3 rings (SSSR count). The van der Waals surface area contributed by atoms with Crippen LogP contribution in [0, 0.1) is 0 Å². The molecule has 0 N–H and O–H groups in total. The van der Waals surface area contributed by atoms with Crippen molar-refractivity contribution in [3.63, 3.8) is 0 Å². The Hall–Kier alpha value is -1.81. The van der Waals surface area contributed by atoms with Crippen molar-refractivity contribution in [2.75, 3.05) is 10.7 Å². The first kappa shape index (κ1) is 12.2. The highest BCUT2D eigenvalue weighted by atomic mass is 32.2. The van der Waals surface area contributed by atoms with Crippen molar-refractivity contribution in [3.8, 4) is 0 Å². The number of anilines is 1. The standard InChI is InChI=1S/C15H15N2OS/c1-16-9-5-6-12(10-16)15-17(14(18)11-19-15)13-7-3-2-4-8-13/h2-10,15H,11H2,1H3/q+1. The molecule has 1 atom stereocenters. The molecule has 1 aliphatic heterocycles. The van der Waals surface area contributed by atoms with Gasteiger partial charge in [0.25, 0.3) is 0 Å². The average molecular weight is 271 g/mol. The topological polar surface area (TPSA) is 24.2 Å². The molecule has 0 spiro atoms. The molecule has 1 aromatic heterocycles. The van der Waals surface area contributed by atoms with Gasteiger partial charge in [0.1, 0.15) is 12.4 Å². The third kappa shape index (κ3) is 2.36. The molecule has 1 amide bonds. The summed E-state index contributed by atoms with van der Waals surface area (Å²) in [5.74, 6) is 0.714. The van der Waals surface area contributed by atoms with E-state index in [-0.39, 0.29) is 11.3 Å². The van der Waals surface area contributed by atoms with Crippen LogP contribution in [0.25, 0.3) is 0 Å². The number of hydrogen-bond acceptors (Lipinski definition) is 2. The lowest BCUT2D eigenvalue weighted by molar-refractivity contribution is -0.671. The van der Waals surface area contributed by atoms with Gasteiger partial charge < -0.3 is 0 Å². The van der Waals surface area contributed by atoms with Crippen LogP contribution < -0.4 is 9.47 Å². The first-order valence-corrected chi connectivity index (χ1v) is 7.24. The van der Waals surface area contributed by atoms with Crippen LogP contribution in [0.4, 0.5) is 5.69 Å². The zero-order valence-corrected chi connectivity index (χ0v) is 11.5. The molecule has 2 aromatic rings. The lowest BCUT2D eigenvalue weighted by Gasteiger charge is -2.23. The Kier molecular flexibility index (Phi) is 3.25. The van der Waals surface area contributed by atoms with Crippen molar-refractivity contribution in [1.82, 2.24) is 0 Å². The number of para-hydroxylation sites is 1. The number of carbonyl (C=O) groups is 1. The number of benzene rings is 1. The summed E-state index contributed by atoms with van der Waals surface area (Å²) in [6.07, 6.45) is 4.07. The molecule has 1 aromatic carbocycles. The second kappa shape index (κ2) is 5.05. The van der Waals surface area contributed by atoms with E-state index in [1.807, 2.05) is 59.1 Å². The molecule has 0 radical (unpaired) electrons. The third-order valence-corrected chi connectivity index (χ3v) is 4.36. The summed E-state index contributed by atoms with van der Waals surface area (Å²) in [7, 11) is 2.00. The van der Waals surface area contributed by atoms with Crippen LogP contribution in [0.3, 0.4) is 0 Å². The molecule has 0 saturated carbocycles. The second-order valence-electron chi connectivity index (χ2n) is 4.57. The molecule has 1 fully saturated rings. The minimum Gasteiger partial charge on any atom is -0.295 e. The van der Waals surface area contributed by atoms with Gasteiger partial charge in [-0.2, -0.15) is 0 Å². The largest absolute Gasteiger partial charge is 0.295 e. The Bertz CT molecular complexity index is 600. The highest BCUT2D eigenvalue weighted by Gasteiger charge is 2.34. The lowest BCUT2D eigenvalue weighted by Crippen LogP contribution is -2.31. The van der Waals surface area contributed by atoms with E-state index >= 15 is 0 Å². The number of pyridine rings is 1. The monoisotopic (exact) mass is 271 g/mol. The smallest absolute Gasteiger partial charge is 0.238 e. The first-order valence-electron chi connectivity index (χ1n) is 6.19. The van der Waals surface area contributed by atoms with Crippen LogP contribution in [0.5, 0.6) is 0 Å². The zero-order valence-electron chi connectivity index (χ0n) is 10.7. The van der Waals surface area contributed by atoms with Crippen molar-refractivity contribution < 1.29 is 9.36 Å². The number of hydrogen-bond donors (Lipinski definition) is 0. The minimum atomic E-state index is 0.0716. The predicted molar refractivity (Wildman–Crippen MR) is 76.7 cm³/mol. The number of aromatic nitrogens is 1. The maximum absolute atomic E-state index is 12.1. The molecule has 2 heterocycles. The van der Waals surface area contributed by atoms with E-state index in [0.717, 1.165) is 11.3 Å². The van der Waals surface area contributed by atoms with Gasteiger partial charge in [0.15, 0.2) is 12.4 Å². The fraction of sp³-hybridized carbons (Fsp3) is 0.200. The van der Waals surface area contributed by atoms with E-state index < -0.39 is 0 Å². The number of nitrogens with zero attached hydrogens (tertiary/aromatic N) is 2. The molecule has 1 unspecified atom stereocenters. The Morgan fingerprint density at radius 3 is 2.74 bits per heavy atom. The average Bonchev–Trinajstić information content (AvgIpc) is 2.82. The molecule has 0 bridgehead atoms. The summed E-state index contributed by atoms with van der Waals surface area (Å²) in [5.41, 5.74) is 2.12. The number of thioether (sulfide) groups is 1. The van der Waals surface area contributed by atoms with E-state index in [2.05, 4.69) is 12.3 Å². The normalized spacial score (nSPS) is 18.9. The van der Waals surface area contributed by atoms with E-state index in [1.165, 1.54) is 0 Å². The lowest BCUT2D eigenvalue weighted by atomic mass is 10.2. The third-order valence-electron chi connectivity index (χ3n) is 3.15. The van der Waals surface area contributed by atoms with Gasteiger partial charge in [-0.25, -0.2) is 4.57 Å². The van der Waals surface area contributed by atoms with Crippen molar-refractivity contribution in [2.24, 2.45) is 7.05 Å². The highest BCUT2D eigenvalue weighted by molar-refractivity contribution is 8.00. The van der Waals surface area contributed by atoms with E-state index in [9.17, 15) is 4.79 Å². The Morgan fingerprint density at radius 1 is 1.21 bits per heavy atom. The van der Waals surface area contributed by atoms with Crippen molar-refractivity contribution >= 4 is 23.4 Å². The molecule has 96 valence electrons. The molecule has 4 heteroatoms. The maximum atomic E-state index is 12.1. The Morgan fingerprint density at radius 2 is 2.00 bits per heavy atom. The fourth-order valence-electron chi connectivity index (χ4n) is 2.30. The van der Waals surface area contributed by atoms with E-state index in [0.29, 0.717) is 5.75 Å². The summed E-state index contributed by atoms with van der Waals surface area (Å²) in [4.78, 5) is 14.0. The summed E-state index contributed by atoms with van der Waals surface area (Å²) >= 11 is 1.68. The van der Waals surface area contributed by atoms with Crippen LogP contribution in [-0.4, -0.2) is 11.7 Å². The van der Waals surface area contributed by atoms with Crippen LogP contribution in [0.2, 0.25) is 0 Å². The van der Waals surface area contributed by atoms with Gasteiger partial charge in [-0.1, -0.05) is 18.2 Å². The summed E-state index contributed by atoms with van der Waals surface area (Å²) in [6, 6.07) is 14.0. The van der Waals surface area contributed by atoms with Gasteiger partial charge >= 0.3 is 0 Å². The van der Waals surface area contributed by atoms with Gasteiger partial charge in [0.2, 0.25) is 5.91 Å². The molecule has 1 aliphatic rings. The molecule has 0 aliphatic carbocycles. The number of aryl methyl sites for hydroxylation is 1. The Labute approximate surface area is 116 Å². The van der Waals surface area contributed by atoms with Crippen LogP contribution in [-0.2, 0) is 11.8 Å². The summed E-state index contributed by atoms with van der Waals surface area (Å²) in [5, 5.41) is 0.0716. The quantitative estimate of drug-likeness (QED) is 0.783. The first-order chi connectivity index (χ1) is 9.25. The number of rotatable bonds is 2.